The maximum atomic E-state index is 12.9. The van der Waals surface area contributed by atoms with Crippen LogP contribution in [0.5, 0.6) is 0 Å². The van der Waals surface area contributed by atoms with Crippen molar-refractivity contribution in [3.8, 4) is 23.0 Å². The molecule has 7 heteroatoms. The van der Waals surface area contributed by atoms with Gasteiger partial charge in [-0.2, -0.15) is 0 Å². The Morgan fingerprint density at radius 1 is 1.09 bits per heavy atom. The van der Waals surface area contributed by atoms with Crippen molar-refractivity contribution in [3.63, 3.8) is 0 Å². The first kappa shape index (κ1) is 23.4. The topological polar surface area (TPSA) is 105 Å². The predicted octanol–water partition coefficient (Wildman–Crippen LogP) is 3.68. The van der Waals surface area contributed by atoms with Crippen LogP contribution in [0.15, 0.2) is 48.5 Å². The van der Waals surface area contributed by atoms with Gasteiger partial charge in [-0.25, -0.2) is 9.59 Å². The van der Waals surface area contributed by atoms with Crippen LogP contribution >= 0.6 is 0 Å². The Hall–Kier alpha value is -3.79. The van der Waals surface area contributed by atoms with E-state index in [4.69, 9.17) is 4.74 Å². The molecule has 0 heterocycles. The minimum absolute atomic E-state index is 0.0485. The number of hydrogen-bond donors (Lipinski definition) is 3. The van der Waals surface area contributed by atoms with Crippen LogP contribution in [-0.2, 0) is 14.3 Å². The Morgan fingerprint density at radius 2 is 1.68 bits per heavy atom. The predicted molar refractivity (Wildman–Crippen MR) is 127 cm³/mol. The van der Waals surface area contributed by atoms with Crippen LogP contribution in [0.3, 0.4) is 0 Å². The maximum absolute atomic E-state index is 12.9. The largest absolute Gasteiger partial charge is 0.480 e. The van der Waals surface area contributed by atoms with E-state index < -0.39 is 29.6 Å². The number of nitrogens with one attached hydrogen (secondary N) is 2. The van der Waals surface area contributed by atoms with E-state index in [1.54, 1.807) is 6.92 Å². The zero-order chi connectivity index (χ0) is 24.3. The van der Waals surface area contributed by atoms with Gasteiger partial charge in [0.05, 0.1) is 0 Å². The highest BCUT2D eigenvalue weighted by Crippen LogP contribution is 2.44. The molecular weight excluding hydrogens is 432 g/mol. The van der Waals surface area contributed by atoms with Gasteiger partial charge in [0.15, 0.2) is 0 Å². The third kappa shape index (κ3) is 4.62. The second-order valence-corrected chi connectivity index (χ2v) is 8.92. The highest BCUT2D eigenvalue weighted by molar-refractivity contribution is 5.91. The van der Waals surface area contributed by atoms with Crippen molar-refractivity contribution in [2.24, 2.45) is 5.92 Å². The lowest BCUT2D eigenvalue weighted by molar-refractivity contribution is -0.148. The molecule has 2 aliphatic carbocycles. The molecule has 3 N–H and O–H groups in total. The lowest BCUT2D eigenvalue weighted by Crippen LogP contribution is -2.59. The maximum Gasteiger partial charge on any atom is 0.407 e. The van der Waals surface area contributed by atoms with Crippen LogP contribution in [0.2, 0.25) is 0 Å². The molecule has 2 unspecified atom stereocenters. The fraction of sp³-hybridized carbons (Fsp3) is 0.370. The van der Waals surface area contributed by atoms with E-state index in [2.05, 4.69) is 34.6 Å². The van der Waals surface area contributed by atoms with E-state index in [-0.39, 0.29) is 24.9 Å². The van der Waals surface area contributed by atoms with Crippen LogP contribution in [0, 0.1) is 17.8 Å². The summed E-state index contributed by atoms with van der Waals surface area (Å²) in [4.78, 5) is 37.4. The molecule has 0 aliphatic heterocycles. The Bertz CT molecular complexity index is 1130. The monoisotopic (exact) mass is 460 g/mol. The van der Waals surface area contributed by atoms with Crippen LogP contribution in [-0.4, -0.2) is 41.3 Å². The van der Waals surface area contributed by atoms with Crippen molar-refractivity contribution < 1.29 is 24.2 Å². The molecule has 0 radical (unpaired) electrons. The van der Waals surface area contributed by atoms with Gasteiger partial charge < -0.3 is 20.5 Å². The number of carbonyl (C=O) groups is 3. The molecule has 176 valence electrons. The molecule has 0 bridgehead atoms. The fourth-order valence-electron chi connectivity index (χ4n) is 4.53. The molecule has 7 nitrogen and oxygen atoms in total. The third-order valence-electron chi connectivity index (χ3n) is 6.66. The number of alkyl carbamates (subject to hydrolysis) is 1. The second kappa shape index (κ2) is 9.60. The van der Waals surface area contributed by atoms with Crippen LogP contribution < -0.4 is 10.6 Å². The number of benzene rings is 2. The van der Waals surface area contributed by atoms with Crippen molar-refractivity contribution in [2.75, 3.05) is 6.61 Å². The molecule has 34 heavy (non-hydrogen) atoms. The van der Waals surface area contributed by atoms with E-state index in [9.17, 15) is 19.5 Å². The Labute approximate surface area is 198 Å². The summed E-state index contributed by atoms with van der Waals surface area (Å²) < 4.78 is 5.54. The summed E-state index contributed by atoms with van der Waals surface area (Å²) in [6, 6.07) is 15.0. The number of carboxylic acids is 1. The molecule has 4 rings (SSSR count). The van der Waals surface area contributed by atoms with Crippen molar-refractivity contribution in [1.82, 2.24) is 10.6 Å². The van der Waals surface area contributed by atoms with E-state index in [0.717, 1.165) is 35.1 Å². The zero-order valence-corrected chi connectivity index (χ0v) is 19.3. The number of carbonyl (C=O) groups excluding carboxylic acids is 2. The lowest BCUT2D eigenvalue weighted by Gasteiger charge is -2.28. The SMILES string of the molecule is CC#CCC(NC(=O)OCC1c2ccccc2-c2ccccc21)C(=O)NC(C)(C(=O)O)C1CC1. The number of carboxylic acid groups (broad SMARTS) is 1. The average Bonchev–Trinajstić information content (AvgIpc) is 3.64. The number of aliphatic carboxylic acids is 1. The first-order chi connectivity index (χ1) is 16.3. The van der Waals surface area contributed by atoms with Gasteiger partial charge in [-0.1, -0.05) is 48.5 Å². The van der Waals surface area contributed by atoms with Gasteiger partial charge >= 0.3 is 12.1 Å². The number of amides is 2. The molecule has 2 atom stereocenters. The number of fused-ring (bicyclic) bond motifs is 3. The average molecular weight is 461 g/mol. The van der Waals surface area contributed by atoms with Crippen LogP contribution in [0.25, 0.3) is 11.1 Å². The van der Waals surface area contributed by atoms with Crippen molar-refractivity contribution in [1.29, 1.82) is 0 Å². The molecule has 0 spiro atoms. The Kier molecular flexibility index (Phi) is 6.60. The fourth-order valence-corrected chi connectivity index (χ4v) is 4.53. The minimum Gasteiger partial charge on any atom is -0.480 e. The lowest BCUT2D eigenvalue weighted by atomic mass is 9.95. The first-order valence-electron chi connectivity index (χ1n) is 11.4. The summed E-state index contributed by atoms with van der Waals surface area (Å²) in [5.41, 5.74) is 3.04. The molecule has 2 aromatic carbocycles. The molecule has 0 saturated heterocycles. The molecule has 1 fully saturated rings. The number of rotatable bonds is 8. The Balaban J connectivity index is 1.43. The smallest absolute Gasteiger partial charge is 0.407 e. The highest BCUT2D eigenvalue weighted by Gasteiger charge is 2.49. The molecule has 1 saturated carbocycles. The van der Waals surface area contributed by atoms with Crippen molar-refractivity contribution >= 4 is 18.0 Å². The molecule has 2 aliphatic rings. The summed E-state index contributed by atoms with van der Waals surface area (Å²) in [5.74, 6) is 3.58. The van der Waals surface area contributed by atoms with Crippen molar-refractivity contribution in [3.05, 3.63) is 59.7 Å². The standard InChI is InChI=1S/C27H28N2O5/c1-3-4-13-23(24(30)29-27(2,25(31)32)17-14-15-17)28-26(33)34-16-22-20-11-7-5-9-18(20)19-10-6-8-12-21(19)22/h5-12,17,22-23H,13-16H2,1-2H3,(H,28,33)(H,29,30)(H,31,32). The molecule has 0 aromatic heterocycles. The highest BCUT2D eigenvalue weighted by atomic mass is 16.5. The van der Waals surface area contributed by atoms with E-state index >= 15 is 0 Å². The van der Waals surface area contributed by atoms with Crippen LogP contribution in [0.4, 0.5) is 4.79 Å². The normalized spacial score (nSPS) is 16.6. The van der Waals surface area contributed by atoms with Crippen molar-refractivity contribution in [2.45, 2.75) is 50.6 Å². The van der Waals surface area contributed by atoms with Gasteiger partial charge in [-0.05, 0) is 54.9 Å². The summed E-state index contributed by atoms with van der Waals surface area (Å²) in [5, 5.41) is 14.8. The minimum atomic E-state index is -1.38. The summed E-state index contributed by atoms with van der Waals surface area (Å²) in [6.45, 7) is 3.25. The molecule has 2 aromatic rings. The van der Waals surface area contributed by atoms with Gasteiger partial charge in [0.2, 0.25) is 5.91 Å². The third-order valence-corrected chi connectivity index (χ3v) is 6.66. The zero-order valence-electron chi connectivity index (χ0n) is 19.3. The number of ether oxygens (including phenoxy) is 1. The molecular formula is C27H28N2O5. The quantitative estimate of drug-likeness (QED) is 0.522. The van der Waals surface area contributed by atoms with Gasteiger partial charge in [-0.3, -0.25) is 4.79 Å². The van der Waals surface area contributed by atoms with Gasteiger partial charge in [0, 0.05) is 12.3 Å². The van der Waals surface area contributed by atoms with Crippen LogP contribution in [0.1, 0.15) is 50.2 Å². The first-order valence-corrected chi connectivity index (χ1v) is 11.4. The van der Waals surface area contributed by atoms with Gasteiger partial charge in [0.25, 0.3) is 0 Å². The van der Waals surface area contributed by atoms with E-state index in [1.165, 1.54) is 6.92 Å². The Morgan fingerprint density at radius 3 is 2.21 bits per heavy atom. The summed E-state index contributed by atoms with van der Waals surface area (Å²) >= 11 is 0. The summed E-state index contributed by atoms with van der Waals surface area (Å²) in [7, 11) is 0. The summed E-state index contributed by atoms with van der Waals surface area (Å²) in [6.07, 6.45) is 0.778. The van der Waals surface area contributed by atoms with Gasteiger partial charge in [-0.15, -0.1) is 11.8 Å². The number of hydrogen-bond acceptors (Lipinski definition) is 4. The second-order valence-electron chi connectivity index (χ2n) is 8.92. The molecule has 2 amide bonds. The van der Waals surface area contributed by atoms with E-state index in [1.807, 2.05) is 36.4 Å². The van der Waals surface area contributed by atoms with E-state index in [0.29, 0.717) is 0 Å². The van der Waals surface area contributed by atoms with Gasteiger partial charge in [0.1, 0.15) is 18.2 Å².